The van der Waals surface area contributed by atoms with Gasteiger partial charge in [-0.15, -0.1) is 0 Å². The molecule has 0 aromatic heterocycles. The van der Waals surface area contributed by atoms with Crippen molar-refractivity contribution in [1.29, 1.82) is 0 Å². The van der Waals surface area contributed by atoms with Crippen LogP contribution in [0.5, 0.6) is 0 Å². The van der Waals surface area contributed by atoms with Crippen LogP contribution in [0.1, 0.15) is 59.8 Å². The number of hydrogen-bond donors (Lipinski definition) is 0. The molecule has 1 aliphatic carbocycles. The van der Waals surface area contributed by atoms with Crippen LogP contribution in [0.3, 0.4) is 0 Å². The predicted octanol–water partition coefficient (Wildman–Crippen LogP) is 4.22. The van der Waals surface area contributed by atoms with Crippen molar-refractivity contribution in [3.05, 3.63) is 11.5 Å². The fourth-order valence-electron chi connectivity index (χ4n) is 2.62. The predicted molar refractivity (Wildman–Crippen MR) is 64.7 cm³/mol. The van der Waals surface area contributed by atoms with Gasteiger partial charge in [0.25, 0.3) is 5.79 Å². The van der Waals surface area contributed by atoms with E-state index < -0.39 is 0 Å². The van der Waals surface area contributed by atoms with Crippen LogP contribution in [0.2, 0.25) is 0 Å². The van der Waals surface area contributed by atoms with E-state index in [4.69, 9.17) is 9.47 Å². The van der Waals surface area contributed by atoms with Crippen LogP contribution in [0, 0.1) is 11.8 Å². The van der Waals surface area contributed by atoms with Gasteiger partial charge in [0, 0.05) is 24.7 Å². The van der Waals surface area contributed by atoms with E-state index in [0.29, 0.717) is 11.8 Å². The van der Waals surface area contributed by atoms with Crippen molar-refractivity contribution in [2.24, 2.45) is 11.8 Å². The first-order valence-corrected chi connectivity index (χ1v) is 6.66. The molecule has 0 aromatic carbocycles. The summed E-state index contributed by atoms with van der Waals surface area (Å²) in [6.07, 6.45) is 5.90. The Morgan fingerprint density at radius 2 is 1.25 bits per heavy atom. The van der Waals surface area contributed by atoms with Crippen molar-refractivity contribution < 1.29 is 9.47 Å². The number of ether oxygens (including phenoxy) is 2. The Morgan fingerprint density at radius 3 is 1.62 bits per heavy atom. The van der Waals surface area contributed by atoms with Crippen LogP contribution >= 0.6 is 0 Å². The summed E-state index contributed by atoms with van der Waals surface area (Å²) in [5, 5.41) is 0. The minimum atomic E-state index is -0.294. The minimum absolute atomic E-state index is 0.294. The van der Waals surface area contributed by atoms with Gasteiger partial charge in [-0.05, 0) is 12.8 Å². The molecule has 0 amide bonds. The molecule has 1 aliphatic heterocycles. The fraction of sp³-hybridized carbons (Fsp3) is 0.857. The van der Waals surface area contributed by atoms with Crippen LogP contribution < -0.4 is 0 Å². The first-order chi connectivity index (χ1) is 7.54. The molecule has 0 aromatic rings. The smallest absolute Gasteiger partial charge is 0.250 e. The summed E-state index contributed by atoms with van der Waals surface area (Å²) in [4.78, 5) is 0. The molecule has 2 aliphatic rings. The zero-order valence-electron chi connectivity index (χ0n) is 11.0. The molecule has 0 N–H and O–H groups in total. The lowest BCUT2D eigenvalue weighted by Crippen LogP contribution is -2.33. The molecule has 92 valence electrons. The first-order valence-electron chi connectivity index (χ1n) is 6.66. The highest BCUT2D eigenvalue weighted by Gasteiger charge is 2.44. The van der Waals surface area contributed by atoms with Crippen molar-refractivity contribution in [2.45, 2.75) is 65.6 Å². The average Bonchev–Trinajstić information content (AvgIpc) is 2.59. The van der Waals surface area contributed by atoms with Gasteiger partial charge in [-0.3, -0.25) is 0 Å². The molecule has 1 spiro atoms. The van der Waals surface area contributed by atoms with Crippen molar-refractivity contribution >= 4 is 0 Å². The maximum atomic E-state index is 6.18. The van der Waals surface area contributed by atoms with Crippen molar-refractivity contribution in [3.8, 4) is 0 Å². The molecule has 2 heteroatoms. The Balaban J connectivity index is 2.17. The number of allylic oxidation sites excluding steroid dienone is 2. The van der Waals surface area contributed by atoms with Crippen molar-refractivity contribution in [1.82, 2.24) is 0 Å². The quantitative estimate of drug-likeness (QED) is 0.699. The third-order valence-corrected chi connectivity index (χ3v) is 3.50. The van der Waals surface area contributed by atoms with E-state index in [-0.39, 0.29) is 5.79 Å². The Kier molecular flexibility index (Phi) is 3.18. The van der Waals surface area contributed by atoms with Gasteiger partial charge in [-0.25, -0.2) is 0 Å². The van der Waals surface area contributed by atoms with Crippen LogP contribution in [-0.4, -0.2) is 5.79 Å². The van der Waals surface area contributed by atoms with Gasteiger partial charge < -0.3 is 9.47 Å². The molecule has 0 radical (unpaired) electrons. The first kappa shape index (κ1) is 11.8. The molecule has 1 saturated carbocycles. The molecule has 2 rings (SSSR count). The molecular formula is C14H24O2. The molecule has 2 nitrogen and oxygen atoms in total. The highest BCUT2D eigenvalue weighted by Crippen LogP contribution is 2.45. The van der Waals surface area contributed by atoms with E-state index in [9.17, 15) is 0 Å². The van der Waals surface area contributed by atoms with Gasteiger partial charge in [0.1, 0.15) is 11.5 Å². The summed E-state index contributed by atoms with van der Waals surface area (Å²) >= 11 is 0. The maximum Gasteiger partial charge on any atom is 0.250 e. The lowest BCUT2D eigenvalue weighted by atomic mass is 9.94. The highest BCUT2D eigenvalue weighted by atomic mass is 16.7. The lowest BCUT2D eigenvalue weighted by molar-refractivity contribution is -0.179. The molecule has 0 bridgehead atoms. The third-order valence-electron chi connectivity index (χ3n) is 3.50. The maximum absolute atomic E-state index is 6.18. The average molecular weight is 224 g/mol. The second-order valence-electron chi connectivity index (χ2n) is 5.71. The molecule has 1 fully saturated rings. The highest BCUT2D eigenvalue weighted by molar-refractivity contribution is 5.13. The van der Waals surface area contributed by atoms with Gasteiger partial charge in [0.2, 0.25) is 0 Å². The lowest BCUT2D eigenvalue weighted by Gasteiger charge is -2.33. The summed E-state index contributed by atoms with van der Waals surface area (Å²) in [5.41, 5.74) is 0. The molecule has 0 unspecified atom stereocenters. The van der Waals surface area contributed by atoms with Crippen LogP contribution in [-0.2, 0) is 9.47 Å². The molecule has 0 atom stereocenters. The molecular weight excluding hydrogens is 200 g/mol. The Bertz CT molecular complexity index is 261. The summed E-state index contributed by atoms with van der Waals surface area (Å²) in [6.45, 7) is 8.73. The zero-order chi connectivity index (χ0) is 11.8. The van der Waals surface area contributed by atoms with Crippen molar-refractivity contribution in [3.63, 3.8) is 0 Å². The Hall–Kier alpha value is -0.660. The van der Waals surface area contributed by atoms with Crippen molar-refractivity contribution in [2.75, 3.05) is 0 Å². The Morgan fingerprint density at radius 1 is 0.812 bits per heavy atom. The van der Waals surface area contributed by atoms with Gasteiger partial charge in [0.05, 0.1) is 0 Å². The second-order valence-corrected chi connectivity index (χ2v) is 5.71. The molecule has 0 saturated heterocycles. The fourth-order valence-corrected chi connectivity index (χ4v) is 2.62. The monoisotopic (exact) mass is 224 g/mol. The largest absolute Gasteiger partial charge is 0.453 e. The molecule has 16 heavy (non-hydrogen) atoms. The summed E-state index contributed by atoms with van der Waals surface area (Å²) in [7, 11) is 0. The summed E-state index contributed by atoms with van der Waals surface area (Å²) < 4.78 is 12.4. The standard InChI is InChI=1S/C14H24O2/c1-10(2)12-13(11(3)4)16-14(15-12)8-6-5-7-9-14/h10-11H,5-9H2,1-4H3. The van der Waals surface area contributed by atoms with Gasteiger partial charge in [-0.2, -0.15) is 0 Å². The van der Waals surface area contributed by atoms with E-state index >= 15 is 0 Å². The van der Waals surface area contributed by atoms with E-state index in [1.165, 1.54) is 19.3 Å². The molecule has 1 heterocycles. The minimum Gasteiger partial charge on any atom is -0.453 e. The summed E-state index contributed by atoms with van der Waals surface area (Å²) in [5.74, 6) is 2.75. The van der Waals surface area contributed by atoms with E-state index in [1.54, 1.807) is 0 Å². The van der Waals surface area contributed by atoms with Gasteiger partial charge >= 0.3 is 0 Å². The van der Waals surface area contributed by atoms with Crippen LogP contribution in [0.4, 0.5) is 0 Å². The Labute approximate surface area is 99.0 Å². The topological polar surface area (TPSA) is 18.5 Å². The third kappa shape index (κ3) is 2.07. The van der Waals surface area contributed by atoms with Gasteiger partial charge in [-0.1, -0.05) is 34.1 Å². The van der Waals surface area contributed by atoms with E-state index in [0.717, 1.165) is 24.4 Å². The van der Waals surface area contributed by atoms with E-state index in [2.05, 4.69) is 27.7 Å². The van der Waals surface area contributed by atoms with Crippen LogP contribution in [0.25, 0.3) is 0 Å². The number of rotatable bonds is 2. The SMILES string of the molecule is CC(C)C1=C(C(C)C)OC2(CCCCC2)O1. The number of hydrogen-bond acceptors (Lipinski definition) is 2. The van der Waals surface area contributed by atoms with E-state index in [1.807, 2.05) is 0 Å². The second kappa shape index (κ2) is 4.31. The zero-order valence-corrected chi connectivity index (χ0v) is 11.0. The normalized spacial score (nSPS) is 24.1. The van der Waals surface area contributed by atoms with Gasteiger partial charge in [0.15, 0.2) is 0 Å². The summed E-state index contributed by atoms with van der Waals surface area (Å²) in [6, 6.07) is 0. The van der Waals surface area contributed by atoms with Crippen LogP contribution in [0.15, 0.2) is 11.5 Å².